The van der Waals surface area contributed by atoms with Crippen molar-refractivity contribution in [3.63, 3.8) is 0 Å². The standard InChI is InChI=1S/C12H13F2N3.C11H13N3.CH4S.FH/c1-12(7-15,4-8-2-3-8)9-5-16-11(10(13)14)17-6-9;1-11(7-12,4-9-2-3-9)10-5-13-8-14-6-10;1-2;/h5-6,8,10H,2-4H2,1H3;5-6,8-9H,2-4H2,1H3;2H,1H3;1H/i/hD. The molecule has 2 aromatic rings. The van der Waals surface area contributed by atoms with E-state index in [2.05, 4.69) is 46.2 Å². The summed E-state index contributed by atoms with van der Waals surface area (Å²) in [6, 6.07) is 4.63. The van der Waals surface area contributed by atoms with Crippen LogP contribution in [-0.4, -0.2) is 27.6 Å². The third-order valence-electron chi connectivity index (χ3n) is 5.98. The van der Waals surface area contributed by atoms with Gasteiger partial charge in [-0.05, 0) is 44.8 Å². The molecule has 2 aromatic heterocycles. The van der Waals surface area contributed by atoms with Crippen molar-refractivity contribution in [2.24, 2.45) is 11.8 Å². The van der Waals surface area contributed by atoms with Crippen LogP contribution in [0.15, 0.2) is 31.1 Å². The molecule has 0 spiro atoms. The molecule has 0 aromatic carbocycles. The molecule has 2 unspecified atom stereocenters. The van der Waals surface area contributed by atoms with Crippen LogP contribution >= 0.6 is 12.6 Å². The second-order valence-corrected chi connectivity index (χ2v) is 8.94. The molecule has 2 aliphatic carbocycles. The van der Waals surface area contributed by atoms with E-state index >= 15 is 0 Å². The van der Waals surface area contributed by atoms with Gasteiger partial charge in [0.2, 0.25) is 0 Å². The van der Waals surface area contributed by atoms with Gasteiger partial charge in [-0.1, -0.05) is 25.7 Å². The van der Waals surface area contributed by atoms with E-state index < -0.39 is 23.1 Å². The summed E-state index contributed by atoms with van der Waals surface area (Å²) in [5, 5.41) is 18.4. The molecule has 2 atom stereocenters. The number of nitriles is 2. The molecular formula is C24H31F3N6S. The van der Waals surface area contributed by atoms with Gasteiger partial charge in [0.1, 0.15) is 6.33 Å². The highest BCUT2D eigenvalue weighted by molar-refractivity contribution is 7.79. The number of rotatable bonds is 7. The van der Waals surface area contributed by atoms with Gasteiger partial charge in [0.05, 0.1) is 23.0 Å². The predicted molar refractivity (Wildman–Crippen MR) is 127 cm³/mol. The van der Waals surface area contributed by atoms with E-state index in [0.717, 1.165) is 37.2 Å². The minimum atomic E-state index is -2.67. The first-order valence-corrected chi connectivity index (χ1v) is 11.8. The maximum atomic E-state index is 12.3. The molecule has 0 bridgehead atoms. The normalized spacial score (nSPS) is 17.9. The van der Waals surface area contributed by atoms with Crippen LogP contribution < -0.4 is 0 Å². The highest BCUT2D eigenvalue weighted by Gasteiger charge is 2.36. The molecule has 184 valence electrons. The molecule has 6 nitrogen and oxygen atoms in total. The Morgan fingerprint density at radius 3 is 1.65 bits per heavy atom. The van der Waals surface area contributed by atoms with E-state index in [9.17, 15) is 19.3 Å². The lowest BCUT2D eigenvalue weighted by atomic mass is 9.81. The highest BCUT2D eigenvalue weighted by Crippen LogP contribution is 2.42. The Morgan fingerprint density at radius 1 is 0.941 bits per heavy atom. The summed E-state index contributed by atoms with van der Waals surface area (Å²) in [5.74, 6) is 0.828. The second kappa shape index (κ2) is 13.2. The largest absolute Gasteiger partial charge is 0.297 e. The van der Waals surface area contributed by atoms with Crippen molar-refractivity contribution in [3.8, 4) is 12.1 Å². The van der Waals surface area contributed by atoms with Crippen LogP contribution in [0.25, 0.3) is 0 Å². The van der Waals surface area contributed by atoms with Crippen molar-refractivity contribution in [2.45, 2.75) is 69.6 Å². The number of hydrogen-bond donors (Lipinski definition) is 1. The van der Waals surface area contributed by atoms with Crippen LogP contribution in [0.5, 0.6) is 0 Å². The summed E-state index contributed by atoms with van der Waals surface area (Å²) in [6.45, 7) is 3.79. The van der Waals surface area contributed by atoms with Crippen LogP contribution in [0.4, 0.5) is 13.5 Å². The first-order chi connectivity index (χ1) is 16.8. The summed E-state index contributed by atoms with van der Waals surface area (Å²) in [5.41, 5.74) is 0.496. The van der Waals surface area contributed by atoms with Gasteiger partial charge in [0, 0.05) is 35.9 Å². The number of aromatic nitrogens is 4. The fourth-order valence-electron chi connectivity index (χ4n) is 3.57. The lowest BCUT2D eigenvalue weighted by Gasteiger charge is -2.21. The van der Waals surface area contributed by atoms with Gasteiger partial charge in [-0.2, -0.15) is 23.2 Å². The Kier molecular flexibility index (Phi) is 10.7. The zero-order valence-corrected chi connectivity index (χ0v) is 20.5. The van der Waals surface area contributed by atoms with Gasteiger partial charge in [-0.25, -0.2) is 28.7 Å². The molecule has 4 rings (SSSR count). The zero-order valence-electron chi connectivity index (χ0n) is 20.6. The Morgan fingerprint density at radius 2 is 1.32 bits per heavy atom. The van der Waals surface area contributed by atoms with Gasteiger partial charge < -0.3 is 0 Å². The lowest BCUT2D eigenvalue weighted by Crippen LogP contribution is -2.21. The minimum absolute atomic E-state index is 0.400. The third kappa shape index (κ3) is 8.25. The summed E-state index contributed by atoms with van der Waals surface area (Å²) in [7, 11) is 0. The average Bonchev–Trinajstić information content (AvgIpc) is 3.85. The maximum absolute atomic E-state index is 12.3. The topological polar surface area (TPSA) is 99.1 Å². The molecule has 34 heavy (non-hydrogen) atoms. The molecule has 0 amide bonds. The maximum Gasteiger partial charge on any atom is 0.297 e. The number of nitrogens with zero attached hydrogens (tertiary/aromatic N) is 6. The van der Waals surface area contributed by atoms with Gasteiger partial charge >= 0.3 is 0 Å². The van der Waals surface area contributed by atoms with Crippen LogP contribution in [0.2, 0.25) is 0 Å². The first-order valence-electron chi connectivity index (χ1n) is 11.3. The molecule has 0 radical (unpaired) electrons. The Balaban J connectivity index is 0.000000311. The number of hydrogen-bond acceptors (Lipinski definition) is 7. The van der Waals surface area contributed by atoms with E-state index in [-0.39, 0.29) is 0 Å². The quantitative estimate of drug-likeness (QED) is 0.493. The number of thiol groups is 1. The van der Waals surface area contributed by atoms with Crippen molar-refractivity contribution < 1.29 is 13.5 Å². The number of halogens is 3. The van der Waals surface area contributed by atoms with E-state index in [1.807, 2.05) is 13.8 Å². The molecule has 2 aliphatic rings. The summed E-state index contributed by atoms with van der Waals surface area (Å²) >= 11 is 3.53. The summed E-state index contributed by atoms with van der Waals surface area (Å²) in [4.78, 5) is 15.1. The fraction of sp³-hybridized carbons (Fsp3) is 0.583. The molecule has 0 N–H and O–H groups in total. The molecule has 0 saturated heterocycles. The van der Waals surface area contributed by atoms with Crippen molar-refractivity contribution in [2.75, 3.05) is 6.26 Å². The second-order valence-electron chi connectivity index (χ2n) is 8.94. The van der Waals surface area contributed by atoms with Crippen molar-refractivity contribution in [1.82, 2.24) is 19.9 Å². The zero-order chi connectivity index (χ0) is 26.5. The highest BCUT2D eigenvalue weighted by atomic mass is 32.1. The average molecular weight is 494 g/mol. The first kappa shape index (κ1) is 27.5. The van der Waals surface area contributed by atoms with E-state index in [4.69, 9.17) is 4.72 Å². The summed E-state index contributed by atoms with van der Waals surface area (Å²) in [6.07, 6.45) is 13.2. The Bertz CT molecular complexity index is 962. The van der Waals surface area contributed by atoms with Crippen LogP contribution in [0, 0.1) is 34.5 Å². The Labute approximate surface area is 206 Å². The number of alkyl halides is 2. The van der Waals surface area contributed by atoms with Gasteiger partial charge in [0.15, 0.2) is 5.82 Å². The van der Waals surface area contributed by atoms with Crippen LogP contribution in [-0.2, 0) is 10.8 Å². The fourth-order valence-corrected chi connectivity index (χ4v) is 3.57. The SMILES string of the molecule is CC(C#N)(CC1CC1)c1cnc(C(F)F)nc1.CC(C#N)(CC1CC1)c1cncnc1.CS.[2H]F. The molecule has 2 saturated carbocycles. The molecule has 0 aliphatic heterocycles. The van der Waals surface area contributed by atoms with Crippen LogP contribution in [0.3, 0.4) is 0 Å². The Hall–Kier alpha value is -2.72. The minimum Gasteiger partial charge on any atom is -0.269 e. The molecule has 2 heterocycles. The van der Waals surface area contributed by atoms with Crippen molar-refractivity contribution in [1.29, 1.82) is 12.0 Å². The van der Waals surface area contributed by atoms with E-state index in [0.29, 0.717) is 11.5 Å². The van der Waals surface area contributed by atoms with Crippen LogP contribution in [0.1, 0.15) is 75.7 Å². The summed E-state index contributed by atoms with van der Waals surface area (Å²) < 4.78 is 37.6. The van der Waals surface area contributed by atoms with E-state index in [1.165, 1.54) is 31.6 Å². The molecule has 10 heteroatoms. The van der Waals surface area contributed by atoms with Gasteiger partial charge in [-0.3, -0.25) is 4.72 Å². The molecule has 2 fully saturated rings. The van der Waals surface area contributed by atoms with Crippen molar-refractivity contribution >= 4 is 12.6 Å². The van der Waals surface area contributed by atoms with E-state index in [1.54, 1.807) is 18.6 Å². The predicted octanol–water partition coefficient (Wildman–Crippen LogP) is 5.75. The monoisotopic (exact) mass is 493 g/mol. The van der Waals surface area contributed by atoms with Crippen molar-refractivity contribution in [3.05, 3.63) is 48.1 Å². The lowest BCUT2D eigenvalue weighted by molar-refractivity contribution is 0.140. The molecular weight excluding hydrogens is 461 g/mol. The van der Waals surface area contributed by atoms with Gasteiger partial charge in [-0.15, -0.1) is 0 Å². The smallest absolute Gasteiger partial charge is 0.269 e. The third-order valence-corrected chi connectivity index (χ3v) is 5.98. The van der Waals surface area contributed by atoms with Gasteiger partial charge in [0.25, 0.3) is 7.88 Å².